The largest absolute Gasteiger partial charge is 0.497 e. The van der Waals surface area contributed by atoms with Crippen molar-refractivity contribution < 1.29 is 17.9 Å². The fraction of sp³-hybridized carbons (Fsp3) is 0.350. The van der Waals surface area contributed by atoms with Crippen LogP contribution in [0.15, 0.2) is 48.5 Å². The average Bonchev–Trinajstić information content (AvgIpc) is 2.70. The van der Waals surface area contributed by atoms with Gasteiger partial charge in [-0.1, -0.05) is 23.7 Å². The van der Waals surface area contributed by atoms with Crippen LogP contribution in [-0.4, -0.2) is 38.8 Å². The summed E-state index contributed by atoms with van der Waals surface area (Å²) in [5.41, 5.74) is 1.33. The Kier molecular flexibility index (Phi) is 6.59. The van der Waals surface area contributed by atoms with Crippen molar-refractivity contribution in [3.63, 3.8) is 0 Å². The maximum atomic E-state index is 12.8. The van der Waals surface area contributed by atoms with E-state index >= 15 is 0 Å². The van der Waals surface area contributed by atoms with Crippen LogP contribution >= 0.6 is 11.6 Å². The molecular formula is C20H23ClN2O4S. The van der Waals surface area contributed by atoms with Crippen LogP contribution in [0.4, 0.5) is 5.69 Å². The van der Waals surface area contributed by atoms with Crippen molar-refractivity contribution in [2.24, 2.45) is 5.92 Å². The highest BCUT2D eigenvalue weighted by Gasteiger charge is 2.32. The number of halogens is 1. The van der Waals surface area contributed by atoms with Gasteiger partial charge < -0.3 is 10.1 Å². The number of amides is 1. The Morgan fingerprint density at radius 1 is 1.18 bits per heavy atom. The highest BCUT2D eigenvalue weighted by Crippen LogP contribution is 2.24. The number of nitrogens with one attached hydrogen (secondary N) is 1. The smallest absolute Gasteiger partial charge is 0.228 e. The van der Waals surface area contributed by atoms with Crippen molar-refractivity contribution in [3.8, 4) is 5.75 Å². The molecule has 1 aliphatic heterocycles. The molecule has 6 nitrogen and oxygen atoms in total. The van der Waals surface area contributed by atoms with Crippen LogP contribution in [0, 0.1) is 5.92 Å². The van der Waals surface area contributed by atoms with Crippen LogP contribution < -0.4 is 10.1 Å². The van der Waals surface area contributed by atoms with Gasteiger partial charge in [-0.05, 0) is 54.8 Å². The molecule has 1 saturated heterocycles. The number of methoxy groups -OCH3 is 1. The maximum Gasteiger partial charge on any atom is 0.228 e. The number of anilines is 1. The summed E-state index contributed by atoms with van der Waals surface area (Å²) in [5, 5.41) is 3.42. The normalized spacial score (nSPS) is 17.9. The van der Waals surface area contributed by atoms with Crippen LogP contribution in [-0.2, 0) is 20.6 Å². The van der Waals surface area contributed by atoms with Crippen LogP contribution in [0.2, 0.25) is 5.02 Å². The van der Waals surface area contributed by atoms with Crippen LogP contribution in [0.5, 0.6) is 5.75 Å². The fourth-order valence-corrected chi connectivity index (χ4v) is 4.95. The summed E-state index contributed by atoms with van der Waals surface area (Å²) in [7, 11) is -1.93. The lowest BCUT2D eigenvalue weighted by Crippen LogP contribution is -2.44. The monoisotopic (exact) mass is 422 g/mol. The van der Waals surface area contributed by atoms with Crippen molar-refractivity contribution in [2.75, 3.05) is 25.5 Å². The molecule has 1 atom stereocenters. The van der Waals surface area contributed by atoms with Crippen molar-refractivity contribution in [1.82, 2.24) is 4.31 Å². The first-order valence-corrected chi connectivity index (χ1v) is 11.0. The SMILES string of the molecule is COc1ccc(NC(=O)C2CCCN(S(=O)(=O)Cc3ccc(Cl)cc3)C2)cc1. The van der Waals surface area contributed by atoms with Gasteiger partial charge in [0.1, 0.15) is 5.75 Å². The summed E-state index contributed by atoms with van der Waals surface area (Å²) in [5.74, 6) is 0.0549. The molecule has 0 aromatic heterocycles. The number of carbonyl (C=O) groups excluding carboxylic acids is 1. The number of carbonyl (C=O) groups is 1. The van der Waals surface area contributed by atoms with Crippen LogP contribution in [0.1, 0.15) is 18.4 Å². The molecular weight excluding hydrogens is 400 g/mol. The number of benzene rings is 2. The molecule has 8 heteroatoms. The van der Waals surface area contributed by atoms with Crippen molar-refractivity contribution >= 4 is 33.2 Å². The third kappa shape index (κ3) is 5.25. The van der Waals surface area contributed by atoms with E-state index in [9.17, 15) is 13.2 Å². The Hall–Kier alpha value is -2.09. The van der Waals surface area contributed by atoms with Gasteiger partial charge in [-0.15, -0.1) is 0 Å². The highest BCUT2D eigenvalue weighted by molar-refractivity contribution is 7.88. The molecule has 0 bridgehead atoms. The van der Waals surface area contributed by atoms with Gasteiger partial charge in [0.15, 0.2) is 0 Å². The van der Waals surface area contributed by atoms with Gasteiger partial charge >= 0.3 is 0 Å². The van der Waals surface area contributed by atoms with E-state index < -0.39 is 10.0 Å². The van der Waals surface area contributed by atoms with E-state index in [0.29, 0.717) is 41.4 Å². The summed E-state index contributed by atoms with van der Waals surface area (Å²) in [4.78, 5) is 12.6. The standard InChI is InChI=1S/C20H23ClN2O4S/c1-27-19-10-8-18(9-11-19)22-20(24)16-3-2-12-23(13-16)28(25,26)14-15-4-6-17(21)7-5-15/h4-11,16H,2-3,12-14H2,1H3,(H,22,24). The predicted molar refractivity (Wildman–Crippen MR) is 110 cm³/mol. The zero-order chi connectivity index (χ0) is 20.1. The molecule has 1 N–H and O–H groups in total. The summed E-state index contributed by atoms with van der Waals surface area (Å²) >= 11 is 5.86. The Labute approximate surface area is 170 Å². The van der Waals surface area contributed by atoms with Gasteiger partial charge in [-0.3, -0.25) is 4.79 Å². The quantitative estimate of drug-likeness (QED) is 0.772. The molecule has 2 aromatic carbocycles. The zero-order valence-corrected chi connectivity index (χ0v) is 17.2. The zero-order valence-electron chi connectivity index (χ0n) is 15.6. The topological polar surface area (TPSA) is 75.7 Å². The van der Waals surface area contributed by atoms with Gasteiger partial charge in [0.25, 0.3) is 0 Å². The van der Waals surface area contributed by atoms with Gasteiger partial charge in [-0.25, -0.2) is 12.7 Å². The summed E-state index contributed by atoms with van der Waals surface area (Å²) in [6, 6.07) is 13.8. The Morgan fingerprint density at radius 2 is 1.86 bits per heavy atom. The van der Waals surface area contributed by atoms with E-state index in [1.807, 2.05) is 0 Å². The average molecular weight is 423 g/mol. The lowest BCUT2D eigenvalue weighted by molar-refractivity contribution is -0.120. The molecule has 1 fully saturated rings. The molecule has 0 radical (unpaired) electrons. The first-order chi connectivity index (χ1) is 13.4. The molecule has 1 amide bonds. The lowest BCUT2D eigenvalue weighted by Gasteiger charge is -2.31. The molecule has 1 aliphatic rings. The summed E-state index contributed by atoms with van der Waals surface area (Å²) in [6.07, 6.45) is 1.31. The molecule has 3 rings (SSSR count). The Morgan fingerprint density at radius 3 is 2.50 bits per heavy atom. The fourth-order valence-electron chi connectivity index (χ4n) is 3.21. The van der Waals surface area contributed by atoms with E-state index in [0.717, 1.165) is 0 Å². The third-order valence-electron chi connectivity index (χ3n) is 4.77. The van der Waals surface area contributed by atoms with Gasteiger partial charge in [0.2, 0.25) is 15.9 Å². The van der Waals surface area contributed by atoms with Gasteiger partial charge in [0.05, 0.1) is 18.8 Å². The van der Waals surface area contributed by atoms with E-state index in [4.69, 9.17) is 16.3 Å². The van der Waals surface area contributed by atoms with E-state index in [1.165, 1.54) is 4.31 Å². The molecule has 0 spiro atoms. The van der Waals surface area contributed by atoms with Gasteiger partial charge in [-0.2, -0.15) is 0 Å². The predicted octanol–water partition coefficient (Wildman–Crippen LogP) is 3.53. The van der Waals surface area contributed by atoms with Crippen LogP contribution in [0.3, 0.4) is 0 Å². The number of rotatable bonds is 6. The number of nitrogens with zero attached hydrogens (tertiary/aromatic N) is 1. The Bertz CT molecular complexity index is 914. The summed E-state index contributed by atoms with van der Waals surface area (Å²) in [6.45, 7) is 0.625. The number of hydrogen-bond acceptors (Lipinski definition) is 4. The minimum atomic E-state index is -3.50. The lowest BCUT2D eigenvalue weighted by atomic mass is 9.99. The second kappa shape index (κ2) is 8.94. The number of piperidine rings is 1. The first kappa shape index (κ1) is 20.6. The third-order valence-corrected chi connectivity index (χ3v) is 6.84. The first-order valence-electron chi connectivity index (χ1n) is 9.04. The molecule has 1 unspecified atom stereocenters. The van der Waals surface area contributed by atoms with E-state index in [-0.39, 0.29) is 24.1 Å². The molecule has 2 aromatic rings. The molecule has 28 heavy (non-hydrogen) atoms. The minimum absolute atomic E-state index is 0.100. The molecule has 150 valence electrons. The van der Waals surface area contributed by atoms with Crippen molar-refractivity contribution in [1.29, 1.82) is 0 Å². The van der Waals surface area contributed by atoms with E-state index in [2.05, 4.69) is 5.32 Å². The molecule has 0 saturated carbocycles. The van der Waals surface area contributed by atoms with Crippen molar-refractivity contribution in [2.45, 2.75) is 18.6 Å². The molecule has 0 aliphatic carbocycles. The molecule has 1 heterocycles. The highest BCUT2D eigenvalue weighted by atomic mass is 35.5. The number of sulfonamides is 1. The number of hydrogen-bond donors (Lipinski definition) is 1. The van der Waals surface area contributed by atoms with E-state index in [1.54, 1.807) is 55.6 Å². The Balaban J connectivity index is 1.63. The second-order valence-corrected chi connectivity index (χ2v) is 9.20. The number of ether oxygens (including phenoxy) is 1. The maximum absolute atomic E-state index is 12.8. The van der Waals surface area contributed by atoms with Gasteiger partial charge in [0, 0.05) is 23.8 Å². The minimum Gasteiger partial charge on any atom is -0.497 e. The van der Waals surface area contributed by atoms with Crippen LogP contribution in [0.25, 0.3) is 0 Å². The second-order valence-electron chi connectivity index (χ2n) is 6.80. The summed E-state index contributed by atoms with van der Waals surface area (Å²) < 4.78 is 32.1. The van der Waals surface area contributed by atoms with Crippen molar-refractivity contribution in [3.05, 3.63) is 59.1 Å².